The van der Waals surface area contributed by atoms with Crippen molar-refractivity contribution in [2.75, 3.05) is 6.54 Å². The number of nitrogens with two attached hydrogens (primary N) is 2. The second-order valence-electron chi connectivity index (χ2n) is 2.63. The number of primary amides is 1. The van der Waals surface area contributed by atoms with Crippen LogP contribution in [-0.2, 0) is 0 Å². The first-order valence-electron chi connectivity index (χ1n) is 3.95. The van der Waals surface area contributed by atoms with E-state index >= 15 is 0 Å². The lowest BCUT2D eigenvalue weighted by Gasteiger charge is -2.09. The van der Waals surface area contributed by atoms with E-state index in [1.54, 1.807) is 0 Å². The Morgan fingerprint density at radius 3 is 2.64 bits per heavy atom. The van der Waals surface area contributed by atoms with E-state index in [9.17, 15) is 4.79 Å². The van der Waals surface area contributed by atoms with Gasteiger partial charge in [0.1, 0.15) is 0 Å². The SMILES string of the molecule is NC(=O)NCCC(N)CC[SiH3]. The lowest BCUT2D eigenvalue weighted by molar-refractivity contribution is 0.248. The molecule has 0 aromatic heterocycles. The van der Waals surface area contributed by atoms with E-state index < -0.39 is 6.03 Å². The molecule has 0 saturated heterocycles. The number of rotatable bonds is 5. The molecule has 0 aliphatic heterocycles. The lowest BCUT2D eigenvalue weighted by Crippen LogP contribution is -2.33. The third kappa shape index (κ3) is 7.34. The fraction of sp³-hybridized carbons (Fsp3) is 0.833. The Balaban J connectivity index is 3.16. The van der Waals surface area contributed by atoms with E-state index in [1.165, 1.54) is 16.3 Å². The molecule has 2 amide bonds. The molecule has 1 atom stereocenters. The number of urea groups is 1. The number of amides is 2. The van der Waals surface area contributed by atoms with Crippen LogP contribution in [0.4, 0.5) is 4.79 Å². The molecule has 0 saturated carbocycles. The molecule has 1 unspecified atom stereocenters. The van der Waals surface area contributed by atoms with Gasteiger partial charge in [0, 0.05) is 22.8 Å². The summed E-state index contributed by atoms with van der Waals surface area (Å²) in [5.74, 6) is 0. The largest absolute Gasteiger partial charge is 0.352 e. The summed E-state index contributed by atoms with van der Waals surface area (Å²) in [6.07, 6.45) is 1.89. The Morgan fingerprint density at radius 2 is 2.18 bits per heavy atom. The molecular weight excluding hydrogens is 158 g/mol. The molecule has 0 aromatic carbocycles. The van der Waals surface area contributed by atoms with Gasteiger partial charge in [0.25, 0.3) is 0 Å². The summed E-state index contributed by atoms with van der Waals surface area (Å²) >= 11 is 0. The zero-order valence-electron chi connectivity index (χ0n) is 6.97. The highest BCUT2D eigenvalue weighted by molar-refractivity contribution is 6.08. The van der Waals surface area contributed by atoms with Crippen molar-refractivity contribution in [2.45, 2.75) is 24.9 Å². The van der Waals surface area contributed by atoms with Gasteiger partial charge in [-0.15, -0.1) is 0 Å². The summed E-state index contributed by atoms with van der Waals surface area (Å²) in [5, 5.41) is 2.51. The number of carbonyl (C=O) groups is 1. The molecule has 0 spiro atoms. The van der Waals surface area contributed by atoms with Gasteiger partial charge >= 0.3 is 6.03 Å². The van der Waals surface area contributed by atoms with Crippen molar-refractivity contribution in [3.8, 4) is 0 Å². The van der Waals surface area contributed by atoms with Crippen LogP contribution in [0.5, 0.6) is 0 Å². The molecule has 0 rings (SSSR count). The Labute approximate surface area is 70.1 Å². The second kappa shape index (κ2) is 6.18. The fourth-order valence-electron chi connectivity index (χ4n) is 0.896. The maximum atomic E-state index is 10.2. The summed E-state index contributed by atoms with van der Waals surface area (Å²) < 4.78 is 0. The molecule has 0 radical (unpaired) electrons. The van der Waals surface area contributed by atoms with Gasteiger partial charge in [-0.1, -0.05) is 6.04 Å². The smallest absolute Gasteiger partial charge is 0.312 e. The van der Waals surface area contributed by atoms with Crippen molar-refractivity contribution in [3.05, 3.63) is 0 Å². The molecule has 0 aromatic rings. The predicted octanol–water partition coefficient (Wildman–Crippen LogP) is -1.45. The number of hydrogen-bond acceptors (Lipinski definition) is 2. The summed E-state index contributed by atoms with van der Waals surface area (Å²) in [6.45, 7) is 0.595. The third-order valence-electron chi connectivity index (χ3n) is 1.47. The predicted molar refractivity (Wildman–Crippen MR) is 49.5 cm³/mol. The van der Waals surface area contributed by atoms with E-state index in [0.717, 1.165) is 12.8 Å². The molecule has 0 aliphatic carbocycles. The van der Waals surface area contributed by atoms with E-state index in [-0.39, 0.29) is 6.04 Å². The molecule has 0 fully saturated rings. The summed E-state index contributed by atoms with van der Waals surface area (Å²) in [5.41, 5.74) is 10.6. The summed E-state index contributed by atoms with van der Waals surface area (Å²) in [4.78, 5) is 10.2. The average Bonchev–Trinajstić information content (AvgIpc) is 1.87. The molecule has 5 heteroatoms. The van der Waals surface area contributed by atoms with E-state index in [4.69, 9.17) is 11.5 Å². The van der Waals surface area contributed by atoms with Gasteiger partial charge in [0.2, 0.25) is 0 Å². The molecule has 4 nitrogen and oxygen atoms in total. The highest BCUT2D eigenvalue weighted by Gasteiger charge is 2.00. The van der Waals surface area contributed by atoms with Crippen LogP contribution in [0.2, 0.25) is 6.04 Å². The minimum absolute atomic E-state index is 0.222. The maximum absolute atomic E-state index is 10.2. The van der Waals surface area contributed by atoms with Gasteiger partial charge in [0.05, 0.1) is 0 Å². The van der Waals surface area contributed by atoms with Crippen LogP contribution in [0.25, 0.3) is 0 Å². The van der Waals surface area contributed by atoms with Gasteiger partial charge in [-0.2, -0.15) is 0 Å². The van der Waals surface area contributed by atoms with Crippen LogP contribution in [0.3, 0.4) is 0 Å². The molecule has 11 heavy (non-hydrogen) atoms. The Hall–Kier alpha value is -0.553. The zero-order valence-corrected chi connectivity index (χ0v) is 8.97. The maximum Gasteiger partial charge on any atom is 0.312 e. The topological polar surface area (TPSA) is 81.1 Å². The zero-order chi connectivity index (χ0) is 8.69. The first kappa shape index (κ1) is 10.4. The van der Waals surface area contributed by atoms with Crippen molar-refractivity contribution in [2.24, 2.45) is 11.5 Å². The van der Waals surface area contributed by atoms with Crippen molar-refractivity contribution in [3.63, 3.8) is 0 Å². The highest BCUT2D eigenvalue weighted by Crippen LogP contribution is 1.95. The van der Waals surface area contributed by atoms with Crippen LogP contribution in [0.1, 0.15) is 12.8 Å². The molecule has 0 heterocycles. The average molecular weight is 175 g/mol. The minimum atomic E-state index is -0.469. The molecule has 5 N–H and O–H groups in total. The van der Waals surface area contributed by atoms with E-state index in [2.05, 4.69) is 5.32 Å². The fourth-order valence-corrected chi connectivity index (χ4v) is 1.64. The lowest BCUT2D eigenvalue weighted by atomic mass is 10.2. The normalized spacial score (nSPS) is 12.8. The highest BCUT2D eigenvalue weighted by atomic mass is 28.1. The van der Waals surface area contributed by atoms with Crippen LogP contribution in [0.15, 0.2) is 0 Å². The number of nitrogens with one attached hydrogen (secondary N) is 1. The Kier molecular flexibility index (Phi) is 5.87. The number of hydrogen-bond donors (Lipinski definition) is 3. The van der Waals surface area contributed by atoms with Gasteiger partial charge < -0.3 is 16.8 Å². The van der Waals surface area contributed by atoms with Crippen molar-refractivity contribution in [1.29, 1.82) is 0 Å². The van der Waals surface area contributed by atoms with Crippen molar-refractivity contribution in [1.82, 2.24) is 5.32 Å². The Bertz CT molecular complexity index is 120. The standard InChI is InChI=1S/C6H17N3OSi/c7-5(2-4-11)1-3-9-6(8)10/h5H,1-4,7H2,11H3,(H3,8,9,10). The molecule has 0 bridgehead atoms. The van der Waals surface area contributed by atoms with Gasteiger partial charge in [-0.25, -0.2) is 4.79 Å². The van der Waals surface area contributed by atoms with Crippen molar-refractivity contribution < 1.29 is 4.79 Å². The van der Waals surface area contributed by atoms with Crippen LogP contribution < -0.4 is 16.8 Å². The van der Waals surface area contributed by atoms with Gasteiger partial charge in [0.15, 0.2) is 0 Å². The summed E-state index contributed by atoms with van der Waals surface area (Å²) in [6, 6.07) is 0.972. The molecule has 0 aliphatic rings. The van der Waals surface area contributed by atoms with Crippen LogP contribution in [0, 0.1) is 0 Å². The minimum Gasteiger partial charge on any atom is -0.352 e. The van der Waals surface area contributed by atoms with E-state index in [0.29, 0.717) is 6.54 Å². The van der Waals surface area contributed by atoms with Gasteiger partial charge in [-0.05, 0) is 12.8 Å². The first-order valence-corrected chi connectivity index (χ1v) is 5.37. The van der Waals surface area contributed by atoms with E-state index in [1.807, 2.05) is 0 Å². The Morgan fingerprint density at radius 1 is 1.55 bits per heavy atom. The third-order valence-corrected chi connectivity index (χ3v) is 2.05. The summed E-state index contributed by atoms with van der Waals surface area (Å²) in [7, 11) is 1.20. The van der Waals surface area contributed by atoms with Crippen LogP contribution in [-0.4, -0.2) is 28.9 Å². The van der Waals surface area contributed by atoms with Crippen LogP contribution >= 0.6 is 0 Å². The number of carbonyl (C=O) groups excluding carboxylic acids is 1. The first-order chi connectivity index (χ1) is 5.16. The molecular formula is C6H17N3OSi. The second-order valence-corrected chi connectivity index (χ2v) is 3.63. The van der Waals surface area contributed by atoms with Crippen molar-refractivity contribution >= 4 is 16.3 Å². The van der Waals surface area contributed by atoms with Gasteiger partial charge in [-0.3, -0.25) is 0 Å². The quantitative estimate of drug-likeness (QED) is 0.447. The monoisotopic (exact) mass is 175 g/mol. The molecule has 66 valence electrons.